The highest BCUT2D eigenvalue weighted by molar-refractivity contribution is 7.89. The van der Waals surface area contributed by atoms with Gasteiger partial charge in [-0.1, -0.05) is 24.3 Å². The average Bonchev–Trinajstić information content (AvgIpc) is 2.93. The zero-order valence-electron chi connectivity index (χ0n) is 21.8. The highest BCUT2D eigenvalue weighted by atomic mass is 32.2. The van der Waals surface area contributed by atoms with Crippen LogP contribution >= 0.6 is 0 Å². The zero-order valence-corrected chi connectivity index (χ0v) is 22.6. The summed E-state index contributed by atoms with van der Waals surface area (Å²) in [6, 6.07) is 13.6. The summed E-state index contributed by atoms with van der Waals surface area (Å²) in [5, 5.41) is 10.3. The van der Waals surface area contributed by atoms with E-state index in [4.69, 9.17) is 18.9 Å². The lowest BCUT2D eigenvalue weighted by Gasteiger charge is -2.44. The van der Waals surface area contributed by atoms with Gasteiger partial charge in [0.15, 0.2) is 0 Å². The Balaban J connectivity index is 1.87. The van der Waals surface area contributed by atoms with Crippen LogP contribution in [0.5, 0.6) is 5.75 Å². The molecule has 0 bridgehead atoms. The Morgan fingerprint density at radius 3 is 1.95 bits per heavy atom. The van der Waals surface area contributed by atoms with E-state index in [9.17, 15) is 23.1 Å². The first-order valence-corrected chi connectivity index (χ1v) is 13.5. The second kappa shape index (κ2) is 13.1. The van der Waals surface area contributed by atoms with E-state index < -0.39 is 27.6 Å². The number of hydrogen-bond acceptors (Lipinski definition) is 8. The SMILES string of the molecule is COCCOC(=O)N1CCC(C(=O)O)(N(CCOC)S(=O)(=O)c2ccc(-c3ccc(OC)cc3)cc2)CC1. The summed E-state index contributed by atoms with van der Waals surface area (Å²) in [4.78, 5) is 26.3. The largest absolute Gasteiger partial charge is 0.497 e. The Morgan fingerprint density at radius 2 is 1.45 bits per heavy atom. The molecule has 12 heteroatoms. The summed E-state index contributed by atoms with van der Waals surface area (Å²) in [5.41, 5.74) is -0.0870. The molecule has 0 unspecified atom stereocenters. The van der Waals surface area contributed by atoms with E-state index in [0.717, 1.165) is 15.4 Å². The highest BCUT2D eigenvalue weighted by Crippen LogP contribution is 2.35. The maximum atomic E-state index is 13.8. The van der Waals surface area contributed by atoms with Crippen molar-refractivity contribution < 1.29 is 42.1 Å². The zero-order chi connectivity index (χ0) is 27.8. The van der Waals surface area contributed by atoms with Crippen LogP contribution in [0.4, 0.5) is 4.79 Å². The maximum absolute atomic E-state index is 13.8. The molecule has 38 heavy (non-hydrogen) atoms. The first-order valence-electron chi connectivity index (χ1n) is 12.1. The molecular weight excluding hydrogens is 516 g/mol. The number of carbonyl (C=O) groups is 2. The van der Waals surface area contributed by atoms with Gasteiger partial charge in [-0.15, -0.1) is 0 Å². The summed E-state index contributed by atoms with van der Waals surface area (Å²) >= 11 is 0. The van der Waals surface area contributed by atoms with Gasteiger partial charge in [0.1, 0.15) is 17.9 Å². The number of aliphatic carboxylic acids is 1. The van der Waals surface area contributed by atoms with E-state index in [-0.39, 0.29) is 57.2 Å². The minimum Gasteiger partial charge on any atom is -0.497 e. The Bertz CT molecular complexity index is 1180. The lowest BCUT2D eigenvalue weighted by molar-refractivity contribution is -0.151. The van der Waals surface area contributed by atoms with Crippen molar-refractivity contribution in [3.63, 3.8) is 0 Å². The molecule has 1 fully saturated rings. The van der Waals surface area contributed by atoms with Gasteiger partial charge in [-0.3, -0.25) is 4.79 Å². The molecule has 2 aromatic carbocycles. The Morgan fingerprint density at radius 1 is 0.895 bits per heavy atom. The minimum absolute atomic E-state index is 0.000958. The molecule has 0 aliphatic carbocycles. The molecule has 0 atom stereocenters. The summed E-state index contributed by atoms with van der Waals surface area (Å²) in [6.45, 7) is 0.182. The molecule has 208 valence electrons. The number of ether oxygens (including phenoxy) is 4. The van der Waals surface area contributed by atoms with Crippen molar-refractivity contribution >= 4 is 22.1 Å². The number of carboxylic acids is 1. The van der Waals surface area contributed by atoms with E-state index in [1.165, 1.54) is 31.3 Å². The van der Waals surface area contributed by atoms with Gasteiger partial charge in [0.05, 0.1) is 25.2 Å². The third-order valence-electron chi connectivity index (χ3n) is 6.60. The molecule has 1 N–H and O–H groups in total. The molecular formula is C26H34N2O9S. The van der Waals surface area contributed by atoms with Crippen LogP contribution in [-0.4, -0.2) is 101 Å². The Labute approximate surface area is 222 Å². The van der Waals surface area contributed by atoms with E-state index >= 15 is 0 Å². The van der Waals surface area contributed by atoms with Crippen molar-refractivity contribution in [1.82, 2.24) is 9.21 Å². The van der Waals surface area contributed by atoms with E-state index in [2.05, 4.69) is 0 Å². The number of likely N-dealkylation sites (tertiary alicyclic amines) is 1. The van der Waals surface area contributed by atoms with E-state index in [1.54, 1.807) is 19.2 Å². The van der Waals surface area contributed by atoms with Crippen molar-refractivity contribution in [1.29, 1.82) is 0 Å². The molecule has 0 radical (unpaired) electrons. The van der Waals surface area contributed by atoms with Gasteiger partial charge >= 0.3 is 12.1 Å². The van der Waals surface area contributed by atoms with Crippen molar-refractivity contribution in [3.8, 4) is 16.9 Å². The molecule has 0 aromatic heterocycles. The lowest BCUT2D eigenvalue weighted by atomic mass is 9.87. The fourth-order valence-electron chi connectivity index (χ4n) is 4.40. The fourth-order valence-corrected chi connectivity index (χ4v) is 6.17. The van der Waals surface area contributed by atoms with Crippen LogP contribution in [0.25, 0.3) is 11.1 Å². The van der Waals surface area contributed by atoms with Gasteiger partial charge in [-0.25, -0.2) is 13.2 Å². The molecule has 11 nitrogen and oxygen atoms in total. The van der Waals surface area contributed by atoms with Crippen LogP contribution in [-0.2, 0) is 29.0 Å². The fraction of sp³-hybridized carbons (Fsp3) is 0.462. The predicted molar refractivity (Wildman–Crippen MR) is 139 cm³/mol. The number of benzene rings is 2. The van der Waals surface area contributed by atoms with Gasteiger partial charge in [-0.2, -0.15) is 4.31 Å². The minimum atomic E-state index is -4.24. The molecule has 1 aliphatic heterocycles. The van der Waals surface area contributed by atoms with E-state index in [1.807, 2.05) is 24.3 Å². The van der Waals surface area contributed by atoms with Crippen molar-refractivity contribution in [3.05, 3.63) is 48.5 Å². The van der Waals surface area contributed by atoms with Gasteiger partial charge in [0, 0.05) is 33.9 Å². The molecule has 0 spiro atoms. The third kappa shape index (κ3) is 6.44. The molecule has 1 aliphatic rings. The van der Waals surface area contributed by atoms with Crippen LogP contribution in [0.15, 0.2) is 53.4 Å². The van der Waals surface area contributed by atoms with E-state index in [0.29, 0.717) is 5.75 Å². The third-order valence-corrected chi connectivity index (χ3v) is 8.58. The smallest absolute Gasteiger partial charge is 0.409 e. The monoisotopic (exact) mass is 550 g/mol. The average molecular weight is 551 g/mol. The number of hydrogen-bond donors (Lipinski definition) is 1. The number of carboxylic acid groups (broad SMARTS) is 1. The predicted octanol–water partition coefficient (Wildman–Crippen LogP) is 2.70. The highest BCUT2D eigenvalue weighted by Gasteiger charge is 2.52. The first kappa shape index (κ1) is 29.4. The van der Waals surface area contributed by atoms with Crippen LogP contribution < -0.4 is 4.74 Å². The second-order valence-electron chi connectivity index (χ2n) is 8.75. The number of amides is 1. The summed E-state index contributed by atoms with van der Waals surface area (Å²) in [5.74, 6) is -0.575. The summed E-state index contributed by atoms with van der Waals surface area (Å²) in [6.07, 6.45) is -0.801. The van der Waals surface area contributed by atoms with Crippen molar-refractivity contribution in [2.45, 2.75) is 23.3 Å². The van der Waals surface area contributed by atoms with Gasteiger partial charge in [-0.05, 0) is 48.2 Å². The quantitative estimate of drug-likeness (QED) is 0.396. The summed E-state index contributed by atoms with van der Waals surface area (Å²) < 4.78 is 49.0. The van der Waals surface area contributed by atoms with Gasteiger partial charge in [0.2, 0.25) is 10.0 Å². The Hall–Kier alpha value is -3.19. The van der Waals surface area contributed by atoms with Gasteiger partial charge < -0.3 is 29.0 Å². The number of nitrogens with zero attached hydrogens (tertiary/aromatic N) is 2. The molecule has 2 aromatic rings. The standard InChI is InChI=1S/C26H34N2O9S/c1-34-17-16-28(26(24(29)30)12-14-27(15-13-26)25(31)37-19-18-35-2)38(32,33)23-10-6-21(7-11-23)20-4-8-22(36-3)9-5-20/h4-11H,12-19H2,1-3H3,(H,29,30). The number of carbonyl (C=O) groups excluding carboxylic acids is 1. The topological polar surface area (TPSA) is 132 Å². The van der Waals surface area contributed by atoms with Crippen LogP contribution in [0.2, 0.25) is 0 Å². The number of sulfonamides is 1. The van der Waals surface area contributed by atoms with Crippen molar-refractivity contribution in [2.24, 2.45) is 0 Å². The summed E-state index contributed by atoms with van der Waals surface area (Å²) in [7, 11) is 0.237. The maximum Gasteiger partial charge on any atom is 0.409 e. The van der Waals surface area contributed by atoms with Crippen LogP contribution in [0, 0.1) is 0 Å². The number of methoxy groups -OCH3 is 3. The van der Waals surface area contributed by atoms with Crippen molar-refractivity contribution in [2.75, 3.05) is 60.8 Å². The molecule has 3 rings (SSSR count). The second-order valence-corrected chi connectivity index (χ2v) is 10.6. The van der Waals surface area contributed by atoms with Crippen LogP contribution in [0.3, 0.4) is 0 Å². The molecule has 1 heterocycles. The number of rotatable bonds is 12. The van der Waals surface area contributed by atoms with Gasteiger partial charge in [0.25, 0.3) is 0 Å². The first-order chi connectivity index (χ1) is 18.2. The lowest BCUT2D eigenvalue weighted by Crippen LogP contribution is -2.62. The normalized spacial score (nSPS) is 15.3. The number of piperidine rings is 1. The molecule has 0 saturated carbocycles. The molecule has 1 saturated heterocycles. The molecule has 1 amide bonds. The Kier molecular flexibility index (Phi) is 10.1. The van der Waals surface area contributed by atoms with Crippen LogP contribution in [0.1, 0.15) is 12.8 Å².